The third-order valence-electron chi connectivity index (χ3n) is 2.25. The number of hydrogen-bond donors (Lipinski definition) is 1. The van der Waals surface area contributed by atoms with E-state index in [1.165, 1.54) is 0 Å². The molecule has 1 rings (SSSR count). The number of para-hydroxylation sites is 1. The lowest BCUT2D eigenvalue weighted by molar-refractivity contribution is -0.145. The third-order valence-corrected chi connectivity index (χ3v) is 2.55. The van der Waals surface area contributed by atoms with Crippen LogP contribution in [0.3, 0.4) is 0 Å². The van der Waals surface area contributed by atoms with Crippen molar-refractivity contribution in [3.05, 3.63) is 28.8 Å². The second kappa shape index (κ2) is 7.95. The number of rotatable bonds is 7. The minimum atomic E-state index is -0.396. The molecule has 18 heavy (non-hydrogen) atoms. The van der Waals surface area contributed by atoms with Gasteiger partial charge in [-0.15, -0.1) is 0 Å². The van der Waals surface area contributed by atoms with Crippen molar-refractivity contribution in [2.45, 2.75) is 20.4 Å². The zero-order valence-corrected chi connectivity index (χ0v) is 11.4. The Balaban J connectivity index is 2.69. The molecule has 0 fully saturated rings. The Hall–Kier alpha value is -1.26. The van der Waals surface area contributed by atoms with Crippen LogP contribution < -0.4 is 10.1 Å². The van der Waals surface area contributed by atoms with E-state index in [4.69, 9.17) is 21.1 Å². The van der Waals surface area contributed by atoms with E-state index < -0.39 is 5.97 Å². The summed E-state index contributed by atoms with van der Waals surface area (Å²) in [6, 6.07) is 5.50. The lowest BCUT2D eigenvalue weighted by Gasteiger charge is -2.12. The lowest BCUT2D eigenvalue weighted by atomic mass is 10.2. The largest absolute Gasteiger partial charge is 0.480 e. The Morgan fingerprint density at radius 2 is 2.17 bits per heavy atom. The van der Waals surface area contributed by atoms with Crippen LogP contribution in [0.25, 0.3) is 0 Å². The predicted molar refractivity (Wildman–Crippen MR) is 71.0 cm³/mol. The summed E-state index contributed by atoms with van der Waals surface area (Å²) >= 11 is 6.06. The van der Waals surface area contributed by atoms with Gasteiger partial charge in [-0.1, -0.05) is 30.7 Å². The Morgan fingerprint density at radius 1 is 1.39 bits per heavy atom. The fraction of sp³-hybridized carbons (Fsp3) is 0.462. The van der Waals surface area contributed by atoms with E-state index >= 15 is 0 Å². The summed E-state index contributed by atoms with van der Waals surface area (Å²) in [4.78, 5) is 11.2. The quantitative estimate of drug-likeness (QED) is 0.774. The predicted octanol–water partition coefficient (Wildman–Crippen LogP) is 2.39. The van der Waals surface area contributed by atoms with Crippen molar-refractivity contribution in [1.82, 2.24) is 5.32 Å². The molecule has 0 aliphatic heterocycles. The average molecular weight is 272 g/mol. The van der Waals surface area contributed by atoms with Crippen LogP contribution in [0.1, 0.15) is 19.4 Å². The molecule has 1 N–H and O–H groups in total. The monoisotopic (exact) mass is 271 g/mol. The Bertz CT molecular complexity index is 396. The van der Waals surface area contributed by atoms with Gasteiger partial charge in [-0.05, 0) is 19.5 Å². The number of esters is 1. The van der Waals surface area contributed by atoms with Crippen LogP contribution in [0, 0.1) is 0 Å². The highest BCUT2D eigenvalue weighted by Crippen LogP contribution is 2.28. The fourth-order valence-corrected chi connectivity index (χ4v) is 1.70. The second-order valence-electron chi connectivity index (χ2n) is 3.60. The van der Waals surface area contributed by atoms with Crippen molar-refractivity contribution >= 4 is 17.6 Å². The van der Waals surface area contributed by atoms with Crippen LogP contribution in [-0.4, -0.2) is 25.7 Å². The van der Waals surface area contributed by atoms with E-state index in [1.54, 1.807) is 13.0 Å². The SMILES string of the molecule is CCNCc1cccc(Cl)c1OCC(=O)OCC. The number of carbonyl (C=O) groups is 1. The molecule has 0 saturated heterocycles. The number of carbonyl (C=O) groups excluding carboxylic acids is 1. The highest BCUT2D eigenvalue weighted by atomic mass is 35.5. The Morgan fingerprint density at radius 3 is 2.83 bits per heavy atom. The van der Waals surface area contributed by atoms with Crippen LogP contribution in [-0.2, 0) is 16.1 Å². The summed E-state index contributed by atoms with van der Waals surface area (Å²) in [6.07, 6.45) is 0. The number of halogens is 1. The molecule has 0 aromatic heterocycles. The van der Waals surface area contributed by atoms with Gasteiger partial charge in [0.25, 0.3) is 0 Å². The first-order chi connectivity index (χ1) is 8.69. The number of ether oxygens (including phenoxy) is 2. The van der Waals surface area contributed by atoms with Crippen LogP contribution in [0.4, 0.5) is 0 Å². The molecule has 0 atom stereocenters. The molecule has 4 nitrogen and oxygen atoms in total. The first-order valence-electron chi connectivity index (χ1n) is 5.95. The molecule has 100 valence electrons. The van der Waals surface area contributed by atoms with Gasteiger partial charge in [-0.25, -0.2) is 4.79 Å². The van der Waals surface area contributed by atoms with Gasteiger partial charge in [-0.2, -0.15) is 0 Å². The molecule has 0 aliphatic rings. The first kappa shape index (κ1) is 14.8. The zero-order chi connectivity index (χ0) is 13.4. The molecule has 5 heteroatoms. The fourth-order valence-electron chi connectivity index (χ4n) is 1.45. The molecule has 0 unspecified atom stereocenters. The Labute approximate surface area is 112 Å². The molecule has 0 spiro atoms. The first-order valence-corrected chi connectivity index (χ1v) is 6.33. The number of hydrogen-bond acceptors (Lipinski definition) is 4. The summed E-state index contributed by atoms with van der Waals surface area (Å²) in [5.74, 6) is 0.139. The lowest BCUT2D eigenvalue weighted by Crippen LogP contribution is -2.17. The minimum absolute atomic E-state index is 0.128. The average Bonchev–Trinajstić information content (AvgIpc) is 2.35. The van der Waals surface area contributed by atoms with Crippen molar-refractivity contribution in [2.75, 3.05) is 19.8 Å². The molecule has 1 aromatic rings. The summed E-state index contributed by atoms with van der Waals surface area (Å²) in [7, 11) is 0. The van der Waals surface area contributed by atoms with Gasteiger partial charge >= 0.3 is 5.97 Å². The molecule has 0 aliphatic carbocycles. The van der Waals surface area contributed by atoms with E-state index in [1.807, 2.05) is 19.1 Å². The normalized spacial score (nSPS) is 10.2. The van der Waals surface area contributed by atoms with Gasteiger partial charge in [0, 0.05) is 12.1 Å². The van der Waals surface area contributed by atoms with Gasteiger partial charge < -0.3 is 14.8 Å². The second-order valence-corrected chi connectivity index (χ2v) is 4.01. The van der Waals surface area contributed by atoms with E-state index in [2.05, 4.69) is 5.32 Å². The molecule has 0 bridgehead atoms. The van der Waals surface area contributed by atoms with Crippen molar-refractivity contribution in [3.63, 3.8) is 0 Å². The molecule has 1 aromatic carbocycles. The van der Waals surface area contributed by atoms with Crippen molar-refractivity contribution in [1.29, 1.82) is 0 Å². The van der Waals surface area contributed by atoms with Crippen LogP contribution >= 0.6 is 11.6 Å². The highest BCUT2D eigenvalue weighted by Gasteiger charge is 2.10. The van der Waals surface area contributed by atoms with Crippen LogP contribution in [0.15, 0.2) is 18.2 Å². The van der Waals surface area contributed by atoms with E-state index in [0.29, 0.717) is 23.9 Å². The van der Waals surface area contributed by atoms with Gasteiger partial charge in [0.1, 0.15) is 5.75 Å². The standard InChI is InChI=1S/C13H18ClNO3/c1-3-15-8-10-6-5-7-11(14)13(10)18-9-12(16)17-4-2/h5-7,15H,3-4,8-9H2,1-2H3. The minimum Gasteiger partial charge on any atom is -0.480 e. The van der Waals surface area contributed by atoms with Gasteiger partial charge in [0.2, 0.25) is 0 Å². The van der Waals surface area contributed by atoms with E-state index in [9.17, 15) is 4.79 Å². The van der Waals surface area contributed by atoms with Gasteiger partial charge in [0.15, 0.2) is 6.61 Å². The molecular weight excluding hydrogens is 254 g/mol. The summed E-state index contributed by atoms with van der Waals surface area (Å²) < 4.78 is 10.2. The van der Waals surface area contributed by atoms with E-state index in [0.717, 1.165) is 12.1 Å². The highest BCUT2D eigenvalue weighted by molar-refractivity contribution is 6.32. The molecule has 0 radical (unpaired) electrons. The smallest absolute Gasteiger partial charge is 0.344 e. The number of benzene rings is 1. The van der Waals surface area contributed by atoms with Gasteiger partial charge in [0.05, 0.1) is 11.6 Å². The maximum absolute atomic E-state index is 11.2. The van der Waals surface area contributed by atoms with Crippen LogP contribution in [0.5, 0.6) is 5.75 Å². The zero-order valence-electron chi connectivity index (χ0n) is 10.7. The van der Waals surface area contributed by atoms with Crippen molar-refractivity contribution in [2.24, 2.45) is 0 Å². The molecule has 0 heterocycles. The van der Waals surface area contributed by atoms with E-state index in [-0.39, 0.29) is 6.61 Å². The summed E-state index contributed by atoms with van der Waals surface area (Å²) in [6.45, 7) is 5.48. The topological polar surface area (TPSA) is 47.6 Å². The maximum Gasteiger partial charge on any atom is 0.344 e. The number of nitrogens with one attached hydrogen (secondary N) is 1. The van der Waals surface area contributed by atoms with Crippen molar-refractivity contribution < 1.29 is 14.3 Å². The summed E-state index contributed by atoms with van der Waals surface area (Å²) in [5.41, 5.74) is 0.925. The Kier molecular flexibility index (Phi) is 6.54. The molecule has 0 saturated carbocycles. The molecular formula is C13H18ClNO3. The third kappa shape index (κ3) is 4.55. The maximum atomic E-state index is 11.2. The summed E-state index contributed by atoms with van der Waals surface area (Å²) in [5, 5.41) is 3.69. The van der Waals surface area contributed by atoms with Crippen molar-refractivity contribution in [3.8, 4) is 5.75 Å². The molecule has 0 amide bonds. The van der Waals surface area contributed by atoms with Crippen LogP contribution in [0.2, 0.25) is 5.02 Å². The van der Waals surface area contributed by atoms with Gasteiger partial charge in [-0.3, -0.25) is 0 Å².